The first kappa shape index (κ1) is 16.2. The van der Waals surface area contributed by atoms with Gasteiger partial charge in [-0.3, -0.25) is 0 Å². The first-order valence-electron chi connectivity index (χ1n) is 7.94. The van der Waals surface area contributed by atoms with E-state index in [4.69, 9.17) is 0 Å². The minimum Gasteiger partial charge on any atom is -0.478 e. The molecule has 1 fully saturated rings. The van der Waals surface area contributed by atoms with Crippen molar-refractivity contribution in [3.05, 3.63) is 23.8 Å². The number of rotatable bonds is 5. The van der Waals surface area contributed by atoms with Crippen molar-refractivity contribution >= 4 is 23.4 Å². The van der Waals surface area contributed by atoms with E-state index in [2.05, 4.69) is 18.7 Å². The summed E-state index contributed by atoms with van der Waals surface area (Å²) in [4.78, 5) is 15.0. The second-order valence-corrected chi connectivity index (χ2v) is 6.80. The van der Waals surface area contributed by atoms with Crippen LogP contribution < -0.4 is 4.90 Å². The smallest absolute Gasteiger partial charge is 0.338 e. The second-order valence-electron chi connectivity index (χ2n) is 5.49. The number of benzene rings is 1. The van der Waals surface area contributed by atoms with E-state index in [1.807, 2.05) is 18.2 Å². The average Bonchev–Trinajstić information content (AvgIpc) is 2.72. The summed E-state index contributed by atoms with van der Waals surface area (Å²) < 4.78 is 0. The predicted octanol–water partition coefficient (Wildman–Crippen LogP) is 4.66. The van der Waals surface area contributed by atoms with E-state index in [0.717, 1.165) is 35.7 Å². The first-order valence-corrected chi connectivity index (χ1v) is 8.93. The molecule has 1 aromatic rings. The summed E-state index contributed by atoms with van der Waals surface area (Å²) in [6.45, 7) is 5.23. The van der Waals surface area contributed by atoms with Crippen LogP contribution in [0.15, 0.2) is 23.1 Å². The maximum Gasteiger partial charge on any atom is 0.338 e. The molecule has 1 aromatic carbocycles. The van der Waals surface area contributed by atoms with Gasteiger partial charge in [-0.25, -0.2) is 4.79 Å². The highest BCUT2D eigenvalue weighted by Gasteiger charge is 2.25. The van der Waals surface area contributed by atoms with Crippen molar-refractivity contribution in [2.75, 3.05) is 17.2 Å². The molecule has 0 amide bonds. The van der Waals surface area contributed by atoms with Crippen molar-refractivity contribution in [2.24, 2.45) is 0 Å². The van der Waals surface area contributed by atoms with E-state index >= 15 is 0 Å². The number of hydrogen-bond donors (Lipinski definition) is 1. The van der Waals surface area contributed by atoms with Gasteiger partial charge in [-0.2, -0.15) is 0 Å². The van der Waals surface area contributed by atoms with Gasteiger partial charge in [0.25, 0.3) is 0 Å². The van der Waals surface area contributed by atoms with Crippen LogP contribution in [0.2, 0.25) is 0 Å². The summed E-state index contributed by atoms with van der Waals surface area (Å²) in [5, 5.41) is 9.69. The molecule has 1 atom stereocenters. The Balaban J connectivity index is 2.45. The summed E-state index contributed by atoms with van der Waals surface area (Å²) in [5.41, 5.74) is 1.40. The largest absolute Gasteiger partial charge is 0.478 e. The molecular weight excluding hydrogens is 282 g/mol. The maximum atomic E-state index is 11.8. The quantitative estimate of drug-likeness (QED) is 0.803. The Kier molecular flexibility index (Phi) is 5.97. The molecule has 0 radical (unpaired) electrons. The molecule has 21 heavy (non-hydrogen) atoms. The van der Waals surface area contributed by atoms with Gasteiger partial charge in [-0.05, 0) is 37.1 Å². The fourth-order valence-corrected chi connectivity index (χ4v) is 3.99. The third-order valence-corrected chi connectivity index (χ3v) is 5.12. The zero-order valence-corrected chi connectivity index (χ0v) is 13.8. The Hall–Kier alpha value is -1.16. The lowest BCUT2D eigenvalue weighted by atomic mass is 10.1. The third-order valence-electron chi connectivity index (χ3n) is 4.18. The van der Waals surface area contributed by atoms with Gasteiger partial charge in [0, 0.05) is 17.5 Å². The van der Waals surface area contributed by atoms with E-state index in [-0.39, 0.29) is 0 Å². The fourth-order valence-electron chi connectivity index (χ4n) is 3.17. The lowest BCUT2D eigenvalue weighted by molar-refractivity contribution is 0.0693. The lowest BCUT2D eigenvalue weighted by Crippen LogP contribution is -2.35. The molecule has 1 aliphatic rings. The van der Waals surface area contributed by atoms with Gasteiger partial charge in [0.15, 0.2) is 0 Å². The molecule has 1 unspecified atom stereocenters. The summed E-state index contributed by atoms with van der Waals surface area (Å²) in [6.07, 6.45) is 5.89. The van der Waals surface area contributed by atoms with E-state index < -0.39 is 5.97 Å². The number of nitrogens with zero attached hydrogens (tertiary/aromatic N) is 1. The highest BCUT2D eigenvalue weighted by molar-refractivity contribution is 7.99. The molecule has 3 nitrogen and oxygen atoms in total. The maximum absolute atomic E-state index is 11.8. The molecule has 2 rings (SSSR count). The summed E-state index contributed by atoms with van der Waals surface area (Å²) in [6, 6.07) is 6.38. The zero-order chi connectivity index (χ0) is 15.2. The number of hydrogen-bond acceptors (Lipinski definition) is 3. The Morgan fingerprint density at radius 1 is 1.33 bits per heavy atom. The molecule has 4 heteroatoms. The van der Waals surface area contributed by atoms with Gasteiger partial charge in [-0.1, -0.05) is 32.8 Å². The molecule has 116 valence electrons. The van der Waals surface area contributed by atoms with Crippen molar-refractivity contribution in [2.45, 2.75) is 56.9 Å². The normalized spacial score (nSPS) is 19.3. The van der Waals surface area contributed by atoms with Gasteiger partial charge in [0.05, 0.1) is 11.3 Å². The van der Waals surface area contributed by atoms with Crippen molar-refractivity contribution < 1.29 is 9.90 Å². The Morgan fingerprint density at radius 2 is 2.14 bits per heavy atom. The van der Waals surface area contributed by atoms with Crippen molar-refractivity contribution in [1.82, 2.24) is 0 Å². The van der Waals surface area contributed by atoms with Crippen LogP contribution in [0.1, 0.15) is 56.3 Å². The number of carbonyl (C=O) groups is 1. The van der Waals surface area contributed by atoms with Crippen LogP contribution in [0.4, 0.5) is 5.69 Å². The van der Waals surface area contributed by atoms with Crippen LogP contribution in [0.5, 0.6) is 0 Å². The van der Waals surface area contributed by atoms with E-state index in [1.165, 1.54) is 19.3 Å². The van der Waals surface area contributed by atoms with E-state index in [1.54, 1.807) is 11.8 Å². The van der Waals surface area contributed by atoms with Crippen molar-refractivity contribution in [1.29, 1.82) is 0 Å². The summed E-state index contributed by atoms with van der Waals surface area (Å²) in [7, 11) is 0. The van der Waals surface area contributed by atoms with E-state index in [9.17, 15) is 9.90 Å². The molecule has 1 aliphatic heterocycles. The zero-order valence-electron chi connectivity index (χ0n) is 13.0. The van der Waals surface area contributed by atoms with Gasteiger partial charge in [0.2, 0.25) is 0 Å². The topological polar surface area (TPSA) is 40.5 Å². The van der Waals surface area contributed by atoms with Crippen LogP contribution in [-0.4, -0.2) is 29.4 Å². The number of carboxylic acid groups (broad SMARTS) is 1. The van der Waals surface area contributed by atoms with Gasteiger partial charge < -0.3 is 10.0 Å². The first-order chi connectivity index (χ1) is 10.2. The Labute approximate surface area is 131 Å². The number of aromatic carboxylic acids is 1. The highest BCUT2D eigenvalue weighted by atomic mass is 32.2. The molecule has 0 aromatic heterocycles. The van der Waals surface area contributed by atoms with Crippen LogP contribution in [0.3, 0.4) is 0 Å². The average molecular weight is 307 g/mol. The molecule has 1 N–H and O–H groups in total. The number of carboxylic acids is 1. The molecule has 0 aliphatic carbocycles. The monoisotopic (exact) mass is 307 g/mol. The fraction of sp³-hybridized carbons (Fsp3) is 0.588. The molecule has 0 saturated carbocycles. The number of thioether (sulfide) groups is 1. The molecule has 1 saturated heterocycles. The molecule has 1 heterocycles. The SMILES string of the molecule is CCSc1cccc(N2CCCCCC2CC)c1C(=O)O. The van der Waals surface area contributed by atoms with Gasteiger partial charge >= 0.3 is 5.97 Å². The minimum absolute atomic E-state index is 0.465. The van der Waals surface area contributed by atoms with Crippen molar-refractivity contribution in [3.63, 3.8) is 0 Å². The highest BCUT2D eigenvalue weighted by Crippen LogP contribution is 2.34. The standard InChI is InChI=1S/C17H25NO2S/c1-3-13-9-6-5-7-12-18(13)14-10-8-11-15(21-4-2)16(14)17(19)20/h8,10-11,13H,3-7,9,12H2,1-2H3,(H,19,20). The molecule has 0 spiro atoms. The lowest BCUT2D eigenvalue weighted by Gasteiger charge is -2.33. The van der Waals surface area contributed by atoms with Crippen LogP contribution in [0, 0.1) is 0 Å². The summed E-state index contributed by atoms with van der Waals surface area (Å²) >= 11 is 1.61. The summed E-state index contributed by atoms with van der Waals surface area (Å²) in [5.74, 6) is 0.0849. The second kappa shape index (κ2) is 7.74. The molecule has 0 bridgehead atoms. The van der Waals surface area contributed by atoms with Crippen molar-refractivity contribution in [3.8, 4) is 0 Å². The van der Waals surface area contributed by atoms with Gasteiger partial charge in [-0.15, -0.1) is 11.8 Å². The Bertz CT molecular complexity index is 490. The minimum atomic E-state index is -0.805. The predicted molar refractivity (Wildman–Crippen MR) is 89.7 cm³/mol. The molecular formula is C17H25NO2S. The van der Waals surface area contributed by atoms with Gasteiger partial charge in [0.1, 0.15) is 0 Å². The van der Waals surface area contributed by atoms with E-state index in [0.29, 0.717) is 11.6 Å². The number of anilines is 1. The van der Waals surface area contributed by atoms with Crippen LogP contribution in [-0.2, 0) is 0 Å². The third kappa shape index (κ3) is 3.73. The van der Waals surface area contributed by atoms with Crippen LogP contribution in [0.25, 0.3) is 0 Å². The Morgan fingerprint density at radius 3 is 2.81 bits per heavy atom. The van der Waals surface area contributed by atoms with Crippen LogP contribution >= 0.6 is 11.8 Å².